The van der Waals surface area contributed by atoms with Crippen molar-refractivity contribution in [2.24, 2.45) is 0 Å². The molecule has 0 amide bonds. The van der Waals surface area contributed by atoms with E-state index in [1.165, 1.54) is 30.3 Å². The van der Waals surface area contributed by atoms with Crippen LogP contribution in [-0.4, -0.2) is 20.7 Å². The summed E-state index contributed by atoms with van der Waals surface area (Å²) in [5, 5.41) is 3.45. The number of ketones is 1. The Morgan fingerprint density at radius 3 is 2.29 bits per heavy atom. The Hall–Kier alpha value is -2.83. The standard InChI is InChI=1S/C21H19ClN2O3S/c1-2-23-17-9-11-18(12-10-17)28(26,27)24-20-13-8-16(22)14-19(20)21(25)15-6-4-3-5-7-15/h3-14,23-24H,2H2,1H3. The molecule has 0 aliphatic heterocycles. The van der Waals surface area contributed by atoms with E-state index in [1.54, 1.807) is 42.5 Å². The Labute approximate surface area is 169 Å². The maximum atomic E-state index is 12.9. The SMILES string of the molecule is CCNc1ccc(S(=O)(=O)Nc2ccc(Cl)cc2C(=O)c2ccccc2)cc1. The molecule has 5 nitrogen and oxygen atoms in total. The summed E-state index contributed by atoms with van der Waals surface area (Å²) in [4.78, 5) is 13.0. The van der Waals surface area contributed by atoms with Gasteiger partial charge in [-0.05, 0) is 49.4 Å². The van der Waals surface area contributed by atoms with Crippen molar-refractivity contribution >= 4 is 38.8 Å². The van der Waals surface area contributed by atoms with Gasteiger partial charge in [0.15, 0.2) is 5.78 Å². The van der Waals surface area contributed by atoms with Crippen LogP contribution in [0.25, 0.3) is 0 Å². The summed E-state index contributed by atoms with van der Waals surface area (Å²) in [6.07, 6.45) is 0. The van der Waals surface area contributed by atoms with Crippen LogP contribution in [0.15, 0.2) is 77.7 Å². The number of rotatable bonds is 7. The van der Waals surface area contributed by atoms with Crippen LogP contribution in [0.5, 0.6) is 0 Å². The van der Waals surface area contributed by atoms with Gasteiger partial charge < -0.3 is 5.32 Å². The monoisotopic (exact) mass is 414 g/mol. The first kappa shape index (κ1) is 19.9. The van der Waals surface area contributed by atoms with Gasteiger partial charge in [0.25, 0.3) is 10.0 Å². The fourth-order valence-corrected chi connectivity index (χ4v) is 3.95. The maximum absolute atomic E-state index is 12.9. The lowest BCUT2D eigenvalue weighted by Crippen LogP contribution is -2.16. The van der Waals surface area contributed by atoms with Gasteiger partial charge in [-0.3, -0.25) is 9.52 Å². The number of halogens is 1. The molecule has 0 bridgehead atoms. The van der Waals surface area contributed by atoms with E-state index >= 15 is 0 Å². The average molecular weight is 415 g/mol. The lowest BCUT2D eigenvalue weighted by atomic mass is 10.0. The van der Waals surface area contributed by atoms with Crippen molar-refractivity contribution in [1.82, 2.24) is 0 Å². The molecule has 0 aliphatic rings. The molecule has 0 aliphatic carbocycles. The van der Waals surface area contributed by atoms with Crippen LogP contribution in [0, 0.1) is 0 Å². The number of hydrogen-bond acceptors (Lipinski definition) is 4. The molecule has 7 heteroatoms. The Kier molecular flexibility index (Phi) is 6.02. The minimum absolute atomic E-state index is 0.0993. The number of sulfonamides is 1. The number of carbonyl (C=O) groups excluding carboxylic acids is 1. The van der Waals surface area contributed by atoms with E-state index in [0.29, 0.717) is 10.6 Å². The minimum Gasteiger partial charge on any atom is -0.385 e. The van der Waals surface area contributed by atoms with Gasteiger partial charge in [0, 0.05) is 28.4 Å². The number of benzene rings is 3. The molecule has 0 saturated carbocycles. The van der Waals surface area contributed by atoms with Gasteiger partial charge in [-0.2, -0.15) is 0 Å². The maximum Gasteiger partial charge on any atom is 0.261 e. The normalized spacial score (nSPS) is 11.1. The first-order valence-corrected chi connectivity index (χ1v) is 10.5. The molecule has 0 fully saturated rings. The molecule has 0 aromatic heterocycles. The van der Waals surface area contributed by atoms with Crippen molar-refractivity contribution in [1.29, 1.82) is 0 Å². The van der Waals surface area contributed by atoms with E-state index in [9.17, 15) is 13.2 Å². The quantitative estimate of drug-likeness (QED) is 0.544. The van der Waals surface area contributed by atoms with Crippen molar-refractivity contribution in [3.63, 3.8) is 0 Å². The molecule has 3 rings (SSSR count). The Bertz CT molecular complexity index is 1080. The highest BCUT2D eigenvalue weighted by Gasteiger charge is 2.20. The summed E-state index contributed by atoms with van der Waals surface area (Å²) in [6.45, 7) is 2.69. The predicted octanol–water partition coefficient (Wildman–Crippen LogP) is 4.80. The second kappa shape index (κ2) is 8.46. The van der Waals surface area contributed by atoms with E-state index < -0.39 is 10.0 Å². The minimum atomic E-state index is -3.87. The van der Waals surface area contributed by atoms with Crippen LogP contribution < -0.4 is 10.0 Å². The van der Waals surface area contributed by atoms with E-state index in [-0.39, 0.29) is 21.9 Å². The number of anilines is 2. The van der Waals surface area contributed by atoms with Crippen molar-refractivity contribution in [3.8, 4) is 0 Å². The van der Waals surface area contributed by atoms with Crippen LogP contribution in [-0.2, 0) is 10.0 Å². The number of nitrogens with one attached hydrogen (secondary N) is 2. The van der Waals surface area contributed by atoms with E-state index in [1.807, 2.05) is 6.92 Å². The molecule has 0 unspecified atom stereocenters. The molecule has 3 aromatic carbocycles. The highest BCUT2D eigenvalue weighted by molar-refractivity contribution is 7.92. The average Bonchev–Trinajstić information content (AvgIpc) is 2.70. The van der Waals surface area contributed by atoms with Crippen LogP contribution in [0.1, 0.15) is 22.8 Å². The molecule has 3 aromatic rings. The van der Waals surface area contributed by atoms with Crippen molar-refractivity contribution in [2.45, 2.75) is 11.8 Å². The van der Waals surface area contributed by atoms with Crippen molar-refractivity contribution in [3.05, 3.63) is 88.9 Å². The second-order valence-corrected chi connectivity index (χ2v) is 8.16. The molecule has 0 heterocycles. The topological polar surface area (TPSA) is 75.3 Å². The van der Waals surface area contributed by atoms with Crippen molar-refractivity contribution < 1.29 is 13.2 Å². The van der Waals surface area contributed by atoms with Gasteiger partial charge >= 0.3 is 0 Å². The third kappa shape index (κ3) is 4.52. The van der Waals surface area contributed by atoms with Gasteiger partial charge in [-0.1, -0.05) is 41.9 Å². The molecule has 0 atom stereocenters. The second-order valence-electron chi connectivity index (χ2n) is 6.05. The van der Waals surface area contributed by atoms with Gasteiger partial charge in [0.05, 0.1) is 10.6 Å². The van der Waals surface area contributed by atoms with E-state index in [0.717, 1.165) is 12.2 Å². The summed E-state index contributed by atoms with van der Waals surface area (Å²) in [6, 6.07) is 19.5. The van der Waals surface area contributed by atoms with Crippen LogP contribution >= 0.6 is 11.6 Å². The molecule has 28 heavy (non-hydrogen) atoms. The zero-order valence-corrected chi connectivity index (χ0v) is 16.7. The highest BCUT2D eigenvalue weighted by Crippen LogP contribution is 2.26. The van der Waals surface area contributed by atoms with E-state index in [4.69, 9.17) is 11.6 Å². The van der Waals surface area contributed by atoms with Crippen molar-refractivity contribution in [2.75, 3.05) is 16.6 Å². The third-order valence-electron chi connectivity index (χ3n) is 4.05. The summed E-state index contributed by atoms with van der Waals surface area (Å²) >= 11 is 6.05. The molecule has 0 saturated heterocycles. The van der Waals surface area contributed by atoms with Gasteiger partial charge in [0.2, 0.25) is 0 Å². The summed E-state index contributed by atoms with van der Waals surface area (Å²) in [5.74, 6) is -0.316. The zero-order chi connectivity index (χ0) is 20.1. The van der Waals surface area contributed by atoms with E-state index in [2.05, 4.69) is 10.0 Å². The summed E-state index contributed by atoms with van der Waals surface area (Å²) in [5.41, 5.74) is 1.63. The third-order valence-corrected chi connectivity index (χ3v) is 5.67. The predicted molar refractivity (Wildman–Crippen MR) is 113 cm³/mol. The molecular formula is C21H19ClN2O3S. The lowest BCUT2D eigenvalue weighted by molar-refractivity contribution is 0.103. The first-order valence-electron chi connectivity index (χ1n) is 8.67. The fraction of sp³-hybridized carbons (Fsp3) is 0.0952. The van der Waals surface area contributed by atoms with Gasteiger partial charge in [-0.15, -0.1) is 0 Å². The highest BCUT2D eigenvalue weighted by atomic mass is 35.5. The Morgan fingerprint density at radius 1 is 0.964 bits per heavy atom. The first-order chi connectivity index (χ1) is 13.4. The van der Waals surface area contributed by atoms with Crippen LogP contribution in [0.3, 0.4) is 0 Å². The van der Waals surface area contributed by atoms with Crippen LogP contribution in [0.2, 0.25) is 5.02 Å². The number of hydrogen-bond donors (Lipinski definition) is 2. The largest absolute Gasteiger partial charge is 0.385 e. The fourth-order valence-electron chi connectivity index (χ4n) is 2.70. The molecular weight excluding hydrogens is 396 g/mol. The lowest BCUT2D eigenvalue weighted by Gasteiger charge is -2.13. The molecule has 0 spiro atoms. The summed E-state index contributed by atoms with van der Waals surface area (Å²) in [7, 11) is -3.87. The Balaban J connectivity index is 1.94. The Morgan fingerprint density at radius 2 is 1.64 bits per heavy atom. The summed E-state index contributed by atoms with van der Waals surface area (Å²) < 4.78 is 28.1. The zero-order valence-electron chi connectivity index (χ0n) is 15.1. The van der Waals surface area contributed by atoms with Crippen LogP contribution in [0.4, 0.5) is 11.4 Å². The smallest absolute Gasteiger partial charge is 0.261 e. The molecule has 0 radical (unpaired) electrons. The molecule has 144 valence electrons. The van der Waals surface area contributed by atoms with Gasteiger partial charge in [0.1, 0.15) is 0 Å². The molecule has 2 N–H and O–H groups in total. The number of carbonyl (C=O) groups is 1. The van der Waals surface area contributed by atoms with Gasteiger partial charge in [-0.25, -0.2) is 8.42 Å².